The summed E-state index contributed by atoms with van der Waals surface area (Å²) in [6, 6.07) is 13.1. The summed E-state index contributed by atoms with van der Waals surface area (Å²) in [5, 5.41) is 3.07. The Morgan fingerprint density at radius 1 is 0.931 bits per heavy atom. The molecule has 0 spiro atoms. The molecule has 0 saturated carbocycles. The fourth-order valence-corrected chi connectivity index (χ4v) is 2.51. The Labute approximate surface area is 180 Å². The zero-order valence-electron chi connectivity index (χ0n) is 15.0. The number of ether oxygens (including phenoxy) is 1. The van der Waals surface area contributed by atoms with Gasteiger partial charge in [-0.2, -0.15) is 0 Å². The number of carbonyl (C=O) groups is 4. The Balaban J connectivity index is 1.64. The third-order valence-corrected chi connectivity index (χ3v) is 4.21. The first-order valence-electron chi connectivity index (χ1n) is 8.39. The number of carbonyl (C=O) groups excluding carboxylic acids is 4. The summed E-state index contributed by atoms with van der Waals surface area (Å²) in [4.78, 5) is 47.0. The smallest absolute Gasteiger partial charge is 0.306 e. The van der Waals surface area contributed by atoms with E-state index < -0.39 is 30.3 Å². The van der Waals surface area contributed by atoms with Crippen LogP contribution < -0.4 is 16.2 Å². The molecule has 0 radical (unpaired) electrons. The number of hydrazine groups is 1. The molecule has 2 rings (SSSR count). The van der Waals surface area contributed by atoms with Crippen molar-refractivity contribution in [2.45, 2.75) is 12.8 Å². The van der Waals surface area contributed by atoms with Crippen molar-refractivity contribution in [2.75, 3.05) is 11.9 Å². The highest BCUT2D eigenvalue weighted by Gasteiger charge is 2.12. The largest absolute Gasteiger partial charge is 0.455 e. The van der Waals surface area contributed by atoms with Crippen LogP contribution in [0, 0.1) is 0 Å². The van der Waals surface area contributed by atoms with Crippen LogP contribution in [0.15, 0.2) is 53.0 Å². The van der Waals surface area contributed by atoms with Gasteiger partial charge in [-0.25, -0.2) is 0 Å². The molecule has 29 heavy (non-hydrogen) atoms. The number of esters is 1. The highest BCUT2D eigenvalue weighted by molar-refractivity contribution is 9.10. The second-order valence-corrected chi connectivity index (χ2v) is 7.08. The van der Waals surface area contributed by atoms with Crippen molar-refractivity contribution in [3.63, 3.8) is 0 Å². The number of hydrogen-bond acceptors (Lipinski definition) is 5. The van der Waals surface area contributed by atoms with Gasteiger partial charge in [0.1, 0.15) is 0 Å². The van der Waals surface area contributed by atoms with Gasteiger partial charge in [-0.15, -0.1) is 0 Å². The summed E-state index contributed by atoms with van der Waals surface area (Å²) in [5.74, 6) is -2.35. The van der Waals surface area contributed by atoms with E-state index in [0.29, 0.717) is 16.3 Å². The van der Waals surface area contributed by atoms with Gasteiger partial charge in [0.15, 0.2) is 6.61 Å². The second-order valence-electron chi connectivity index (χ2n) is 5.73. The number of rotatable bonds is 7. The summed E-state index contributed by atoms with van der Waals surface area (Å²) in [5.41, 5.74) is 5.19. The summed E-state index contributed by atoms with van der Waals surface area (Å²) >= 11 is 9.07. The first-order valence-corrected chi connectivity index (χ1v) is 9.56. The molecule has 3 N–H and O–H groups in total. The molecule has 0 aliphatic heterocycles. The van der Waals surface area contributed by atoms with E-state index in [9.17, 15) is 19.2 Å². The fourth-order valence-electron chi connectivity index (χ4n) is 2.06. The molecule has 0 unspecified atom stereocenters. The summed E-state index contributed by atoms with van der Waals surface area (Å²) < 4.78 is 5.58. The van der Waals surface area contributed by atoms with Crippen LogP contribution in [0.4, 0.5) is 5.69 Å². The summed E-state index contributed by atoms with van der Waals surface area (Å²) in [6.45, 7) is -0.588. The molecule has 0 saturated heterocycles. The molecule has 8 nitrogen and oxygen atoms in total. The predicted octanol–water partition coefficient (Wildman–Crippen LogP) is 2.83. The van der Waals surface area contributed by atoms with Gasteiger partial charge < -0.3 is 10.1 Å². The van der Waals surface area contributed by atoms with Crippen LogP contribution in [0.1, 0.15) is 23.2 Å². The van der Waals surface area contributed by atoms with E-state index in [4.69, 9.17) is 16.3 Å². The summed E-state index contributed by atoms with van der Waals surface area (Å²) in [7, 11) is 0. The van der Waals surface area contributed by atoms with Gasteiger partial charge in [0.2, 0.25) is 5.91 Å². The Morgan fingerprint density at radius 2 is 1.66 bits per heavy atom. The highest BCUT2D eigenvalue weighted by Crippen LogP contribution is 2.15. The van der Waals surface area contributed by atoms with Gasteiger partial charge in [0.05, 0.1) is 6.42 Å². The van der Waals surface area contributed by atoms with Crippen LogP contribution in [0.3, 0.4) is 0 Å². The predicted molar refractivity (Wildman–Crippen MR) is 110 cm³/mol. The lowest BCUT2D eigenvalue weighted by Crippen LogP contribution is -2.43. The second kappa shape index (κ2) is 11.2. The molecular formula is C19H17BrClN3O5. The van der Waals surface area contributed by atoms with Gasteiger partial charge in [0, 0.05) is 27.2 Å². The van der Waals surface area contributed by atoms with Crippen molar-refractivity contribution in [3.05, 3.63) is 63.6 Å². The standard InChI is InChI=1S/C19H17BrClN3O5/c20-13-6-4-12(5-7-13)19(28)24-23-17(26)11-29-18(27)9-8-16(25)22-15-3-1-2-14(21)10-15/h1-7,10H,8-9,11H2,(H,22,25)(H,23,26)(H,24,28). The zero-order chi connectivity index (χ0) is 21.2. The number of benzene rings is 2. The maximum atomic E-state index is 11.8. The van der Waals surface area contributed by atoms with E-state index in [-0.39, 0.29) is 12.8 Å². The van der Waals surface area contributed by atoms with Gasteiger partial charge >= 0.3 is 5.97 Å². The van der Waals surface area contributed by atoms with E-state index >= 15 is 0 Å². The maximum Gasteiger partial charge on any atom is 0.306 e. The van der Waals surface area contributed by atoms with Crippen molar-refractivity contribution < 1.29 is 23.9 Å². The maximum absolute atomic E-state index is 11.8. The van der Waals surface area contributed by atoms with Gasteiger partial charge in [-0.1, -0.05) is 33.6 Å². The lowest BCUT2D eigenvalue weighted by molar-refractivity contribution is -0.149. The number of amides is 3. The average molecular weight is 483 g/mol. The SMILES string of the molecule is O=C(COC(=O)CCC(=O)Nc1cccc(Cl)c1)NNC(=O)c1ccc(Br)cc1. The number of hydrogen-bond donors (Lipinski definition) is 3. The molecule has 0 fully saturated rings. The third-order valence-electron chi connectivity index (χ3n) is 3.45. The van der Waals surface area contributed by atoms with Gasteiger partial charge in [-0.05, 0) is 42.5 Å². The monoisotopic (exact) mass is 481 g/mol. The van der Waals surface area contributed by atoms with E-state index in [2.05, 4.69) is 32.1 Å². The molecule has 152 valence electrons. The van der Waals surface area contributed by atoms with Crippen molar-refractivity contribution in [3.8, 4) is 0 Å². The first kappa shape index (κ1) is 22.4. The first-order chi connectivity index (χ1) is 13.8. The van der Waals surface area contributed by atoms with Gasteiger partial charge in [-0.3, -0.25) is 30.0 Å². The molecule has 0 heterocycles. The Kier molecular flexibility index (Phi) is 8.63. The molecule has 2 aromatic carbocycles. The molecule has 0 aliphatic carbocycles. The van der Waals surface area contributed by atoms with Crippen molar-refractivity contribution in [1.29, 1.82) is 0 Å². The van der Waals surface area contributed by atoms with Crippen LogP contribution in [-0.2, 0) is 19.1 Å². The Hall–Kier alpha value is -2.91. The molecule has 0 bridgehead atoms. The Morgan fingerprint density at radius 3 is 2.34 bits per heavy atom. The number of anilines is 1. The lowest BCUT2D eigenvalue weighted by atomic mass is 10.2. The van der Waals surface area contributed by atoms with Crippen LogP contribution in [0.2, 0.25) is 5.02 Å². The van der Waals surface area contributed by atoms with Gasteiger partial charge in [0.25, 0.3) is 11.8 Å². The van der Waals surface area contributed by atoms with Crippen LogP contribution in [0.25, 0.3) is 0 Å². The van der Waals surface area contributed by atoms with Crippen LogP contribution >= 0.6 is 27.5 Å². The Bertz CT molecular complexity index is 905. The minimum Gasteiger partial charge on any atom is -0.455 e. The molecule has 10 heteroatoms. The molecular weight excluding hydrogens is 466 g/mol. The zero-order valence-corrected chi connectivity index (χ0v) is 17.4. The molecule has 0 aliphatic rings. The van der Waals surface area contributed by atoms with Crippen molar-refractivity contribution >= 4 is 56.9 Å². The van der Waals surface area contributed by atoms with E-state index in [0.717, 1.165) is 4.47 Å². The average Bonchev–Trinajstić information content (AvgIpc) is 2.69. The molecule has 3 amide bonds. The van der Waals surface area contributed by atoms with E-state index in [1.165, 1.54) is 0 Å². The molecule has 0 aromatic heterocycles. The van der Waals surface area contributed by atoms with E-state index in [1.807, 2.05) is 0 Å². The van der Waals surface area contributed by atoms with Crippen LogP contribution in [0.5, 0.6) is 0 Å². The molecule has 2 aromatic rings. The fraction of sp³-hybridized carbons (Fsp3) is 0.158. The van der Waals surface area contributed by atoms with E-state index in [1.54, 1.807) is 48.5 Å². The highest BCUT2D eigenvalue weighted by atomic mass is 79.9. The number of halogens is 2. The molecule has 0 atom stereocenters. The number of nitrogens with one attached hydrogen (secondary N) is 3. The lowest BCUT2D eigenvalue weighted by Gasteiger charge is -2.08. The third kappa shape index (κ3) is 8.32. The van der Waals surface area contributed by atoms with Crippen molar-refractivity contribution in [2.24, 2.45) is 0 Å². The minimum absolute atomic E-state index is 0.118. The quantitative estimate of drug-likeness (QED) is 0.415. The summed E-state index contributed by atoms with van der Waals surface area (Å²) in [6.07, 6.45) is -0.321. The minimum atomic E-state index is -0.722. The van der Waals surface area contributed by atoms with Crippen LogP contribution in [-0.4, -0.2) is 30.3 Å². The topological polar surface area (TPSA) is 114 Å². The normalized spacial score (nSPS) is 10.0. The van der Waals surface area contributed by atoms with Crippen molar-refractivity contribution in [1.82, 2.24) is 10.9 Å².